The lowest BCUT2D eigenvalue weighted by Gasteiger charge is -2.13. The van der Waals surface area contributed by atoms with E-state index >= 15 is 0 Å². The molecule has 0 aliphatic rings. The summed E-state index contributed by atoms with van der Waals surface area (Å²) >= 11 is 1.82. The molecular formula is C112H71N13S. The minimum Gasteiger partial charge on any atom is -0.307 e. The predicted molar refractivity (Wildman–Crippen MR) is 519 cm³/mol. The minimum atomic E-state index is 0.585. The lowest BCUT2D eigenvalue weighted by molar-refractivity contribution is 0.953. The Morgan fingerprint density at radius 3 is 0.738 bits per heavy atom. The van der Waals surface area contributed by atoms with Crippen LogP contribution in [0.25, 0.3) is 226 Å². The summed E-state index contributed by atoms with van der Waals surface area (Å²) in [5, 5.41) is 14.3. The molecule has 0 N–H and O–H groups in total. The first-order chi connectivity index (χ1) is 62.5. The first-order valence-corrected chi connectivity index (χ1v) is 43.0. The van der Waals surface area contributed by atoms with Crippen LogP contribution in [-0.2, 0) is 0 Å². The molecule has 0 saturated heterocycles. The Morgan fingerprint density at radius 1 is 0.167 bits per heavy atom. The number of aromatic nitrogens is 13. The van der Waals surface area contributed by atoms with Gasteiger partial charge in [-0.25, -0.2) is 19.9 Å². The fourth-order valence-electron chi connectivity index (χ4n) is 18.4. The van der Waals surface area contributed by atoms with Gasteiger partial charge in [-0.2, -0.15) is 19.9 Å². The van der Waals surface area contributed by atoms with Gasteiger partial charge in [0.05, 0.1) is 71.3 Å². The van der Waals surface area contributed by atoms with E-state index in [1.165, 1.54) is 68.8 Å². The number of hydrogen-bond acceptors (Lipinski definition) is 9. The zero-order valence-corrected chi connectivity index (χ0v) is 68.5. The average molecular weight is 1630 g/mol. The normalized spacial score (nSPS) is 11.7. The maximum absolute atomic E-state index is 5.28. The lowest BCUT2D eigenvalue weighted by Crippen LogP contribution is -2.07. The molecule has 0 unspecified atom stereocenters. The molecule has 590 valence electrons. The first-order valence-electron chi connectivity index (χ1n) is 42.1. The number of hydrogen-bond donors (Lipinski definition) is 0. The largest absolute Gasteiger partial charge is 0.307 e. The molecule has 126 heavy (non-hydrogen) atoms. The second kappa shape index (κ2) is 30.6. The van der Waals surface area contributed by atoms with E-state index in [0.717, 1.165) is 117 Å². The van der Waals surface area contributed by atoms with Gasteiger partial charge in [0, 0.05) is 114 Å². The number of benzene rings is 17. The molecule has 14 heteroatoms. The second-order valence-corrected chi connectivity index (χ2v) is 32.3. The fraction of sp³-hybridized carbons (Fsp3) is 0. The fourth-order valence-corrected chi connectivity index (χ4v) is 19.6. The molecule has 0 atom stereocenters. The highest BCUT2D eigenvalue weighted by Crippen LogP contribution is 2.47. The van der Waals surface area contributed by atoms with E-state index in [9.17, 15) is 0 Å². The smallest absolute Gasteiger partial charge is 0.238 e. The molecule has 0 amide bonds. The summed E-state index contributed by atoms with van der Waals surface area (Å²) in [7, 11) is 0. The number of rotatable bonds is 11. The van der Waals surface area contributed by atoms with Crippen molar-refractivity contribution in [2.45, 2.75) is 0 Å². The Morgan fingerprint density at radius 2 is 0.405 bits per heavy atom. The third-order valence-electron chi connectivity index (χ3n) is 24.0. The summed E-state index contributed by atoms with van der Waals surface area (Å²) in [5.74, 6) is 4.43. The van der Waals surface area contributed by atoms with E-state index in [0.29, 0.717) is 41.1 Å². The van der Waals surface area contributed by atoms with Gasteiger partial charge in [-0.05, 0) is 66.7 Å². The standard InChI is InChI=1S/C40H26N4.C39H25N5.C33H20N4S/c1-4-14-27(15-5-1)34-26-35(28-16-6-2-7-17-28)42-40(41-34)44-37-23-13-11-21-31(37)33-25-24-32-30-20-10-12-22-36(30)43(38(32)39(33)44)29-18-8-3-9-19-29;1-4-14-26(15-5-1)37-40-38(27-16-6-2-7-17-27)42-39(41-37)44-34-23-13-11-21-30(34)32-25-24-31-29-20-10-12-22-33(29)43(35(31)36(32)44)28-18-8-3-9-19-28;1-3-11-21(12-4-1)31-34-32(22-13-5-2-6-14-22)36-33(35-31)37-27-17-9-7-15-23(27)25-19-20-26-24-16-8-10-18-28(24)38-30(26)29(25)37/h1-26H;1-25H;1-20H. The molecule has 0 saturated carbocycles. The molecule has 0 aliphatic heterocycles. The number of nitrogens with zero attached hydrogens (tertiary/aromatic N) is 13. The van der Waals surface area contributed by atoms with Crippen molar-refractivity contribution < 1.29 is 0 Å². The Balaban J connectivity index is 0.000000106. The van der Waals surface area contributed by atoms with Gasteiger partial charge in [-0.3, -0.25) is 13.7 Å². The highest BCUT2D eigenvalue weighted by atomic mass is 32.1. The zero-order chi connectivity index (χ0) is 83.1. The Labute approximate surface area is 726 Å². The summed E-state index contributed by atoms with van der Waals surface area (Å²) in [4.78, 5) is 40.9. The van der Waals surface area contributed by atoms with Gasteiger partial charge in [0.1, 0.15) is 0 Å². The van der Waals surface area contributed by atoms with Crippen LogP contribution in [0.4, 0.5) is 0 Å². The van der Waals surface area contributed by atoms with Crippen LogP contribution in [0.2, 0.25) is 0 Å². The number of thiophene rings is 1. The van der Waals surface area contributed by atoms with Crippen molar-refractivity contribution in [2.75, 3.05) is 0 Å². The third-order valence-corrected chi connectivity index (χ3v) is 25.2. The quantitative estimate of drug-likeness (QED) is 0.125. The Hall–Kier alpha value is -16.9. The molecule has 0 spiro atoms. The molecule has 0 radical (unpaired) electrons. The van der Waals surface area contributed by atoms with Gasteiger partial charge in [0.25, 0.3) is 0 Å². The first kappa shape index (κ1) is 73.0. The molecule has 13 nitrogen and oxygen atoms in total. The van der Waals surface area contributed by atoms with Gasteiger partial charge in [-0.15, -0.1) is 11.3 Å². The zero-order valence-electron chi connectivity index (χ0n) is 67.7. The van der Waals surface area contributed by atoms with Gasteiger partial charge in [-0.1, -0.05) is 364 Å². The molecule has 9 heterocycles. The van der Waals surface area contributed by atoms with E-state index in [4.69, 9.17) is 39.9 Å². The Kier molecular flexibility index (Phi) is 17.8. The van der Waals surface area contributed by atoms with E-state index in [2.05, 4.69) is 320 Å². The molecule has 17 aromatic carbocycles. The highest BCUT2D eigenvalue weighted by Gasteiger charge is 2.28. The third kappa shape index (κ3) is 12.4. The van der Waals surface area contributed by atoms with Crippen LogP contribution in [0.15, 0.2) is 431 Å². The van der Waals surface area contributed by atoms with Crippen LogP contribution in [0.1, 0.15) is 0 Å². The average Bonchev–Trinajstić information content (AvgIpc) is 1.55. The van der Waals surface area contributed by atoms with Crippen LogP contribution in [0.5, 0.6) is 0 Å². The predicted octanol–water partition coefficient (Wildman–Crippen LogP) is 28.1. The summed E-state index contributed by atoms with van der Waals surface area (Å²) in [6.45, 7) is 0. The molecule has 26 rings (SSSR count). The van der Waals surface area contributed by atoms with Crippen LogP contribution in [0.3, 0.4) is 0 Å². The van der Waals surface area contributed by atoms with Gasteiger partial charge < -0.3 is 9.13 Å². The van der Waals surface area contributed by atoms with Crippen LogP contribution >= 0.6 is 11.3 Å². The molecule has 0 aliphatic carbocycles. The van der Waals surface area contributed by atoms with Gasteiger partial charge >= 0.3 is 0 Å². The van der Waals surface area contributed by atoms with E-state index in [-0.39, 0.29) is 0 Å². The minimum absolute atomic E-state index is 0.585. The van der Waals surface area contributed by atoms with Crippen molar-refractivity contribution >= 4 is 141 Å². The van der Waals surface area contributed by atoms with E-state index in [1.807, 2.05) is 145 Å². The van der Waals surface area contributed by atoms with Crippen molar-refractivity contribution in [2.24, 2.45) is 0 Å². The maximum Gasteiger partial charge on any atom is 0.238 e. The maximum atomic E-state index is 5.28. The topological polar surface area (TPSA) is 128 Å². The monoisotopic (exact) mass is 1630 g/mol. The van der Waals surface area contributed by atoms with Gasteiger partial charge in [0.15, 0.2) is 23.3 Å². The van der Waals surface area contributed by atoms with Crippen LogP contribution in [-0.4, -0.2) is 62.7 Å². The van der Waals surface area contributed by atoms with Crippen molar-refractivity contribution in [3.05, 3.63) is 431 Å². The number of fused-ring (bicyclic) bond motifs is 21. The lowest BCUT2D eigenvalue weighted by atomic mass is 10.1. The second-order valence-electron chi connectivity index (χ2n) is 31.3. The molecule has 0 bridgehead atoms. The SMILES string of the molecule is c1ccc(-c2cc(-c3ccccc3)nc(-n3c4ccccc4c4ccc5c6ccccc6n(-c6ccccc6)c5c43)n2)cc1.c1ccc(-c2nc(-c3ccccc3)nc(-n3c4ccccc4c4ccc5c6ccccc6n(-c6ccccc6)c5c43)n2)cc1.c1ccc(-c2nc(-c3ccccc3)nc(-n3c4ccccc4c4ccc5c6ccccc6sc5c43)n2)cc1. The summed E-state index contributed by atoms with van der Waals surface area (Å²) < 4.78 is 14.0. The number of para-hydroxylation sites is 7. The molecule has 26 aromatic rings. The van der Waals surface area contributed by atoms with Crippen LogP contribution < -0.4 is 0 Å². The Bertz CT molecular complexity index is 8160. The highest BCUT2D eigenvalue weighted by molar-refractivity contribution is 7.26. The summed E-state index contributed by atoms with van der Waals surface area (Å²) in [5.41, 5.74) is 21.0. The van der Waals surface area contributed by atoms with Crippen molar-refractivity contribution in [1.29, 1.82) is 0 Å². The van der Waals surface area contributed by atoms with Gasteiger partial charge in [0.2, 0.25) is 17.8 Å². The van der Waals surface area contributed by atoms with E-state index < -0.39 is 0 Å². The summed E-state index contributed by atoms with van der Waals surface area (Å²) in [6.07, 6.45) is 0. The summed E-state index contributed by atoms with van der Waals surface area (Å²) in [6, 6.07) is 150. The molecular weight excluding hydrogens is 1560 g/mol. The van der Waals surface area contributed by atoms with E-state index in [1.54, 1.807) is 0 Å². The van der Waals surface area contributed by atoms with Crippen molar-refractivity contribution in [3.8, 4) is 97.3 Å². The molecule has 0 fully saturated rings. The van der Waals surface area contributed by atoms with Crippen molar-refractivity contribution in [3.63, 3.8) is 0 Å². The van der Waals surface area contributed by atoms with Crippen molar-refractivity contribution in [1.82, 2.24) is 62.7 Å². The molecule has 9 aromatic heterocycles. The van der Waals surface area contributed by atoms with Crippen LogP contribution in [0, 0.1) is 0 Å².